The van der Waals surface area contributed by atoms with Crippen LogP contribution >= 0.6 is 0 Å². The molecule has 2 N–H and O–H groups in total. The van der Waals surface area contributed by atoms with Crippen molar-refractivity contribution in [3.05, 3.63) is 66.4 Å². The van der Waals surface area contributed by atoms with Gasteiger partial charge in [0.15, 0.2) is 17.2 Å². The molecular formula is C19H14FN5O3. The summed E-state index contributed by atoms with van der Waals surface area (Å²) in [6.45, 7) is 0. The molecule has 1 amide bonds. The van der Waals surface area contributed by atoms with Crippen LogP contribution in [0.1, 0.15) is 10.5 Å². The number of methoxy groups -OCH3 is 1. The molecule has 0 aliphatic rings. The second-order valence-electron chi connectivity index (χ2n) is 5.70. The number of hydrogen-bond acceptors (Lipinski definition) is 6. The van der Waals surface area contributed by atoms with Crippen LogP contribution in [0.4, 0.5) is 10.1 Å². The van der Waals surface area contributed by atoms with Crippen LogP contribution in [0.25, 0.3) is 11.0 Å². The monoisotopic (exact) mass is 379 g/mol. The molecule has 28 heavy (non-hydrogen) atoms. The molecule has 2 aromatic heterocycles. The second-order valence-corrected chi connectivity index (χ2v) is 5.70. The maximum absolute atomic E-state index is 13.5. The summed E-state index contributed by atoms with van der Waals surface area (Å²) in [7, 11) is 1.39. The number of para-hydroxylation sites is 2. The number of carbonyl (C=O) groups is 1. The Bertz CT molecular complexity index is 1150. The number of nitrogens with zero attached hydrogens (tertiary/aromatic N) is 3. The molecule has 0 unspecified atom stereocenters. The van der Waals surface area contributed by atoms with Crippen molar-refractivity contribution in [1.82, 2.24) is 20.2 Å². The van der Waals surface area contributed by atoms with E-state index in [1.165, 1.54) is 37.7 Å². The van der Waals surface area contributed by atoms with E-state index >= 15 is 0 Å². The molecule has 140 valence electrons. The lowest BCUT2D eigenvalue weighted by atomic mass is 10.2. The number of amides is 1. The van der Waals surface area contributed by atoms with Crippen molar-refractivity contribution in [2.24, 2.45) is 0 Å². The minimum atomic E-state index is -0.532. The number of aromatic nitrogens is 4. The van der Waals surface area contributed by atoms with Crippen LogP contribution in [-0.4, -0.2) is 33.2 Å². The van der Waals surface area contributed by atoms with E-state index in [-0.39, 0.29) is 23.1 Å². The quantitative estimate of drug-likeness (QED) is 0.550. The topological polar surface area (TPSA) is 102 Å². The molecule has 0 fully saturated rings. The third-order valence-electron chi connectivity index (χ3n) is 3.84. The van der Waals surface area contributed by atoms with Crippen LogP contribution in [0.3, 0.4) is 0 Å². The summed E-state index contributed by atoms with van der Waals surface area (Å²) in [6.07, 6.45) is 2.98. The van der Waals surface area contributed by atoms with E-state index in [4.69, 9.17) is 9.47 Å². The molecule has 0 saturated heterocycles. The minimum Gasteiger partial charge on any atom is -0.493 e. The second kappa shape index (κ2) is 7.31. The Balaban J connectivity index is 1.78. The van der Waals surface area contributed by atoms with Gasteiger partial charge in [-0.3, -0.25) is 9.89 Å². The highest BCUT2D eigenvalue weighted by atomic mass is 19.1. The number of nitrogens with one attached hydrogen (secondary N) is 2. The Labute approximate surface area is 158 Å². The SMILES string of the molecule is COc1cc(F)ccc1Oc1nc2ccccc2nc1C(=O)Nc1cn[nH]c1. The first kappa shape index (κ1) is 17.4. The maximum Gasteiger partial charge on any atom is 0.280 e. The number of H-pyrrole nitrogens is 1. The molecule has 0 radical (unpaired) electrons. The van der Waals surface area contributed by atoms with Gasteiger partial charge in [-0.1, -0.05) is 12.1 Å². The highest BCUT2D eigenvalue weighted by Crippen LogP contribution is 2.33. The average molecular weight is 379 g/mol. The summed E-state index contributed by atoms with van der Waals surface area (Å²) in [5, 5.41) is 9.05. The molecule has 0 atom stereocenters. The van der Waals surface area contributed by atoms with Gasteiger partial charge in [-0.05, 0) is 24.3 Å². The molecule has 0 saturated carbocycles. The molecule has 4 rings (SSSR count). The summed E-state index contributed by atoms with van der Waals surface area (Å²) >= 11 is 0. The van der Waals surface area contributed by atoms with E-state index < -0.39 is 11.7 Å². The first-order valence-electron chi connectivity index (χ1n) is 8.22. The van der Waals surface area contributed by atoms with Crippen molar-refractivity contribution in [3.63, 3.8) is 0 Å². The summed E-state index contributed by atoms with van der Waals surface area (Å²) in [5.74, 6) is -0.686. The van der Waals surface area contributed by atoms with Gasteiger partial charge in [-0.25, -0.2) is 14.4 Å². The van der Waals surface area contributed by atoms with E-state index in [1.54, 1.807) is 24.3 Å². The fourth-order valence-corrected chi connectivity index (χ4v) is 2.54. The van der Waals surface area contributed by atoms with E-state index in [9.17, 15) is 9.18 Å². The standard InChI is InChI=1S/C19H14FN5O3/c1-27-16-8-11(20)6-7-15(16)28-19-17(18(26)23-12-9-21-22-10-12)24-13-4-2-3-5-14(13)25-19/h2-10H,1H3,(H,21,22)(H,23,26). The number of halogens is 1. The van der Waals surface area contributed by atoms with Crippen LogP contribution in [-0.2, 0) is 0 Å². The van der Waals surface area contributed by atoms with Gasteiger partial charge in [0.25, 0.3) is 11.8 Å². The third kappa shape index (κ3) is 3.45. The zero-order chi connectivity index (χ0) is 19.5. The number of hydrogen-bond donors (Lipinski definition) is 2. The number of carbonyl (C=O) groups excluding carboxylic acids is 1. The molecule has 0 bridgehead atoms. The normalized spacial score (nSPS) is 10.6. The highest BCUT2D eigenvalue weighted by Gasteiger charge is 2.20. The van der Waals surface area contributed by atoms with E-state index in [2.05, 4.69) is 25.5 Å². The van der Waals surface area contributed by atoms with Gasteiger partial charge < -0.3 is 14.8 Å². The van der Waals surface area contributed by atoms with Gasteiger partial charge in [0, 0.05) is 12.3 Å². The number of rotatable bonds is 5. The summed E-state index contributed by atoms with van der Waals surface area (Å²) in [4.78, 5) is 21.5. The third-order valence-corrected chi connectivity index (χ3v) is 3.84. The van der Waals surface area contributed by atoms with Crippen molar-refractivity contribution in [1.29, 1.82) is 0 Å². The lowest BCUT2D eigenvalue weighted by Crippen LogP contribution is -2.15. The Morgan fingerprint density at radius 2 is 1.89 bits per heavy atom. The molecule has 4 aromatic rings. The van der Waals surface area contributed by atoms with Crippen molar-refractivity contribution in [2.75, 3.05) is 12.4 Å². The number of anilines is 1. The van der Waals surface area contributed by atoms with E-state index in [1.807, 2.05) is 0 Å². The maximum atomic E-state index is 13.5. The lowest BCUT2D eigenvalue weighted by Gasteiger charge is -2.13. The molecular weight excluding hydrogens is 365 g/mol. The molecule has 0 aliphatic heterocycles. The van der Waals surface area contributed by atoms with Crippen LogP contribution in [0.5, 0.6) is 17.4 Å². The summed E-state index contributed by atoms with van der Waals surface area (Å²) in [6, 6.07) is 10.9. The molecule has 9 heteroatoms. The fourth-order valence-electron chi connectivity index (χ4n) is 2.54. The average Bonchev–Trinajstić information content (AvgIpc) is 3.21. The zero-order valence-electron chi connectivity index (χ0n) is 14.6. The Hall–Kier alpha value is -4.01. The minimum absolute atomic E-state index is 0.0359. The number of ether oxygens (including phenoxy) is 2. The lowest BCUT2D eigenvalue weighted by molar-refractivity contribution is 0.101. The van der Waals surface area contributed by atoms with Crippen LogP contribution < -0.4 is 14.8 Å². The molecule has 2 aromatic carbocycles. The Morgan fingerprint density at radius 1 is 1.11 bits per heavy atom. The van der Waals surface area contributed by atoms with Crippen LogP contribution in [0.2, 0.25) is 0 Å². The van der Waals surface area contributed by atoms with Crippen molar-refractivity contribution >= 4 is 22.6 Å². The van der Waals surface area contributed by atoms with Gasteiger partial charge in [0.1, 0.15) is 5.82 Å². The van der Waals surface area contributed by atoms with Crippen LogP contribution in [0, 0.1) is 5.82 Å². The molecule has 0 aliphatic carbocycles. The largest absolute Gasteiger partial charge is 0.493 e. The smallest absolute Gasteiger partial charge is 0.280 e. The van der Waals surface area contributed by atoms with Crippen LogP contribution in [0.15, 0.2) is 54.9 Å². The van der Waals surface area contributed by atoms with Crippen molar-refractivity contribution in [3.8, 4) is 17.4 Å². The van der Waals surface area contributed by atoms with Gasteiger partial charge in [0.05, 0.1) is 30.0 Å². The number of aromatic amines is 1. The molecule has 0 spiro atoms. The van der Waals surface area contributed by atoms with Gasteiger partial charge >= 0.3 is 0 Å². The van der Waals surface area contributed by atoms with Crippen molar-refractivity contribution < 1.29 is 18.7 Å². The van der Waals surface area contributed by atoms with Gasteiger partial charge in [0.2, 0.25) is 0 Å². The molecule has 2 heterocycles. The number of benzene rings is 2. The Morgan fingerprint density at radius 3 is 2.61 bits per heavy atom. The van der Waals surface area contributed by atoms with Crippen molar-refractivity contribution in [2.45, 2.75) is 0 Å². The highest BCUT2D eigenvalue weighted by molar-refractivity contribution is 6.05. The summed E-state index contributed by atoms with van der Waals surface area (Å²) in [5.41, 5.74) is 1.49. The number of fused-ring (bicyclic) bond motifs is 1. The predicted molar refractivity (Wildman–Crippen MR) is 99.1 cm³/mol. The fraction of sp³-hybridized carbons (Fsp3) is 0.0526. The first-order chi connectivity index (χ1) is 13.6. The zero-order valence-corrected chi connectivity index (χ0v) is 14.6. The van der Waals surface area contributed by atoms with Gasteiger partial charge in [-0.15, -0.1) is 0 Å². The Kier molecular flexibility index (Phi) is 4.55. The predicted octanol–water partition coefficient (Wildman–Crippen LogP) is 3.55. The summed E-state index contributed by atoms with van der Waals surface area (Å²) < 4.78 is 24.4. The van der Waals surface area contributed by atoms with E-state index in [0.717, 1.165) is 0 Å². The first-order valence-corrected chi connectivity index (χ1v) is 8.22. The van der Waals surface area contributed by atoms with E-state index in [0.29, 0.717) is 16.7 Å². The van der Waals surface area contributed by atoms with Gasteiger partial charge in [-0.2, -0.15) is 5.10 Å². The molecule has 8 nitrogen and oxygen atoms in total.